The SMILES string of the molecule is Cc1cnccc1CN(C)S(=O)(=O)c1ccc(C(=O)NC2CC2)cc1. The number of carbonyl (C=O) groups excluding carboxylic acids is 1. The van der Waals surface area contributed by atoms with Gasteiger partial charge in [-0.2, -0.15) is 4.31 Å². The predicted octanol–water partition coefficient (Wildman–Crippen LogP) is 2.10. The van der Waals surface area contributed by atoms with E-state index >= 15 is 0 Å². The largest absolute Gasteiger partial charge is 0.349 e. The van der Waals surface area contributed by atoms with Crippen LogP contribution in [0, 0.1) is 6.92 Å². The molecule has 1 amide bonds. The second-order valence-corrected chi connectivity index (χ2v) is 8.38. The van der Waals surface area contributed by atoms with Crippen molar-refractivity contribution in [2.45, 2.75) is 37.2 Å². The summed E-state index contributed by atoms with van der Waals surface area (Å²) in [5.41, 5.74) is 2.32. The van der Waals surface area contributed by atoms with Crippen molar-refractivity contribution in [2.24, 2.45) is 0 Å². The fourth-order valence-electron chi connectivity index (χ4n) is 2.46. The summed E-state index contributed by atoms with van der Waals surface area (Å²) in [6, 6.07) is 8.14. The summed E-state index contributed by atoms with van der Waals surface area (Å²) in [5.74, 6) is -0.160. The van der Waals surface area contributed by atoms with Crippen LogP contribution in [0.1, 0.15) is 34.3 Å². The molecule has 7 heteroatoms. The van der Waals surface area contributed by atoms with E-state index in [0.717, 1.165) is 24.0 Å². The van der Waals surface area contributed by atoms with E-state index in [9.17, 15) is 13.2 Å². The van der Waals surface area contributed by atoms with Gasteiger partial charge in [0, 0.05) is 37.6 Å². The number of amides is 1. The van der Waals surface area contributed by atoms with Gasteiger partial charge < -0.3 is 5.32 Å². The minimum Gasteiger partial charge on any atom is -0.349 e. The van der Waals surface area contributed by atoms with E-state index in [4.69, 9.17) is 0 Å². The van der Waals surface area contributed by atoms with Gasteiger partial charge in [0.25, 0.3) is 5.91 Å². The summed E-state index contributed by atoms with van der Waals surface area (Å²) < 4.78 is 26.8. The molecule has 1 aliphatic rings. The van der Waals surface area contributed by atoms with Crippen LogP contribution in [0.3, 0.4) is 0 Å². The Kier molecular flexibility index (Phi) is 4.87. The van der Waals surface area contributed by atoms with Crippen LogP contribution in [-0.2, 0) is 16.6 Å². The Labute approximate surface area is 147 Å². The molecule has 1 fully saturated rings. The molecule has 1 aliphatic carbocycles. The van der Waals surface area contributed by atoms with Crippen molar-refractivity contribution in [3.05, 3.63) is 59.4 Å². The molecule has 1 saturated carbocycles. The molecule has 6 nitrogen and oxygen atoms in total. The van der Waals surface area contributed by atoms with Crippen molar-refractivity contribution in [1.82, 2.24) is 14.6 Å². The van der Waals surface area contributed by atoms with Crippen molar-refractivity contribution in [3.8, 4) is 0 Å². The number of rotatable bonds is 6. The molecule has 2 aromatic rings. The lowest BCUT2D eigenvalue weighted by Crippen LogP contribution is -2.27. The van der Waals surface area contributed by atoms with Crippen LogP contribution in [0.4, 0.5) is 0 Å². The molecule has 1 aromatic heterocycles. The number of carbonyl (C=O) groups is 1. The van der Waals surface area contributed by atoms with Crippen LogP contribution in [0.5, 0.6) is 0 Å². The lowest BCUT2D eigenvalue weighted by Gasteiger charge is -2.18. The molecular formula is C18H21N3O3S. The van der Waals surface area contributed by atoms with E-state index in [1.807, 2.05) is 13.0 Å². The number of hydrogen-bond acceptors (Lipinski definition) is 4. The molecule has 0 radical (unpaired) electrons. The second-order valence-electron chi connectivity index (χ2n) is 6.34. The molecule has 0 atom stereocenters. The summed E-state index contributed by atoms with van der Waals surface area (Å²) in [4.78, 5) is 16.2. The van der Waals surface area contributed by atoms with Crippen LogP contribution in [0.25, 0.3) is 0 Å². The molecule has 0 aliphatic heterocycles. The molecular weight excluding hydrogens is 338 g/mol. The number of hydrogen-bond donors (Lipinski definition) is 1. The van der Waals surface area contributed by atoms with Gasteiger partial charge in [-0.05, 0) is 61.2 Å². The third kappa shape index (κ3) is 4.05. The average Bonchev–Trinajstić information content (AvgIpc) is 3.41. The summed E-state index contributed by atoms with van der Waals surface area (Å²) >= 11 is 0. The maximum atomic E-state index is 12.7. The van der Waals surface area contributed by atoms with E-state index in [-0.39, 0.29) is 23.4 Å². The molecule has 25 heavy (non-hydrogen) atoms. The number of pyridine rings is 1. The van der Waals surface area contributed by atoms with E-state index < -0.39 is 10.0 Å². The molecule has 0 bridgehead atoms. The first-order chi connectivity index (χ1) is 11.9. The molecule has 1 aromatic carbocycles. The van der Waals surface area contributed by atoms with Gasteiger partial charge in [-0.15, -0.1) is 0 Å². The van der Waals surface area contributed by atoms with E-state index in [0.29, 0.717) is 5.56 Å². The lowest BCUT2D eigenvalue weighted by molar-refractivity contribution is 0.0951. The molecule has 0 spiro atoms. The van der Waals surface area contributed by atoms with Crippen molar-refractivity contribution >= 4 is 15.9 Å². The molecule has 0 saturated heterocycles. The van der Waals surface area contributed by atoms with Gasteiger partial charge in [-0.1, -0.05) is 0 Å². The highest BCUT2D eigenvalue weighted by atomic mass is 32.2. The maximum Gasteiger partial charge on any atom is 0.251 e. The summed E-state index contributed by atoms with van der Waals surface area (Å²) in [7, 11) is -2.08. The van der Waals surface area contributed by atoms with Crippen molar-refractivity contribution in [2.75, 3.05) is 7.05 Å². The Morgan fingerprint density at radius 3 is 2.52 bits per heavy atom. The Bertz CT molecular complexity index is 875. The zero-order valence-corrected chi connectivity index (χ0v) is 15.1. The number of nitrogens with one attached hydrogen (secondary N) is 1. The highest BCUT2D eigenvalue weighted by Gasteiger charge is 2.25. The monoisotopic (exact) mass is 359 g/mol. The van der Waals surface area contributed by atoms with E-state index in [1.165, 1.54) is 16.4 Å². The third-order valence-corrected chi connectivity index (χ3v) is 6.08. The Morgan fingerprint density at radius 2 is 1.92 bits per heavy atom. The molecule has 1 heterocycles. The smallest absolute Gasteiger partial charge is 0.251 e. The minimum atomic E-state index is -3.63. The van der Waals surface area contributed by atoms with Crippen LogP contribution >= 0.6 is 0 Å². The third-order valence-electron chi connectivity index (χ3n) is 4.27. The van der Waals surface area contributed by atoms with Gasteiger partial charge in [-0.3, -0.25) is 9.78 Å². The van der Waals surface area contributed by atoms with Gasteiger partial charge in [0.1, 0.15) is 0 Å². The topological polar surface area (TPSA) is 79.4 Å². The molecule has 1 N–H and O–H groups in total. The number of nitrogens with zero attached hydrogens (tertiary/aromatic N) is 2. The van der Waals surface area contributed by atoms with E-state index in [2.05, 4.69) is 10.3 Å². The first-order valence-corrected chi connectivity index (χ1v) is 9.58. The minimum absolute atomic E-state index is 0.160. The van der Waals surface area contributed by atoms with Gasteiger partial charge in [0.15, 0.2) is 0 Å². The second kappa shape index (κ2) is 6.93. The molecule has 0 unspecified atom stereocenters. The number of sulfonamides is 1. The number of benzene rings is 1. The number of aryl methyl sites for hydroxylation is 1. The van der Waals surface area contributed by atoms with Crippen LogP contribution in [0.2, 0.25) is 0 Å². The fraction of sp³-hybridized carbons (Fsp3) is 0.333. The maximum absolute atomic E-state index is 12.7. The highest BCUT2D eigenvalue weighted by molar-refractivity contribution is 7.89. The van der Waals surface area contributed by atoms with Crippen LogP contribution in [0.15, 0.2) is 47.6 Å². The number of aromatic nitrogens is 1. The van der Waals surface area contributed by atoms with Gasteiger partial charge >= 0.3 is 0 Å². The predicted molar refractivity (Wildman–Crippen MR) is 94.6 cm³/mol. The van der Waals surface area contributed by atoms with Gasteiger partial charge in [0.05, 0.1) is 4.90 Å². The first kappa shape index (κ1) is 17.6. The Hall–Kier alpha value is -2.25. The molecule has 132 valence electrons. The van der Waals surface area contributed by atoms with Gasteiger partial charge in [-0.25, -0.2) is 8.42 Å². The Morgan fingerprint density at radius 1 is 1.24 bits per heavy atom. The zero-order chi connectivity index (χ0) is 18.0. The first-order valence-electron chi connectivity index (χ1n) is 8.14. The van der Waals surface area contributed by atoms with Crippen LogP contribution < -0.4 is 5.32 Å². The van der Waals surface area contributed by atoms with Crippen molar-refractivity contribution in [3.63, 3.8) is 0 Å². The van der Waals surface area contributed by atoms with Crippen molar-refractivity contribution in [1.29, 1.82) is 0 Å². The lowest BCUT2D eigenvalue weighted by atomic mass is 10.2. The molecule has 3 rings (SSSR count). The van der Waals surface area contributed by atoms with Crippen LogP contribution in [-0.4, -0.2) is 36.7 Å². The average molecular weight is 359 g/mol. The quantitative estimate of drug-likeness (QED) is 0.857. The van der Waals surface area contributed by atoms with Crippen molar-refractivity contribution < 1.29 is 13.2 Å². The summed E-state index contributed by atoms with van der Waals surface area (Å²) in [6.45, 7) is 2.16. The normalized spacial score (nSPS) is 14.5. The Balaban J connectivity index is 1.74. The highest BCUT2D eigenvalue weighted by Crippen LogP contribution is 2.21. The summed E-state index contributed by atoms with van der Waals surface area (Å²) in [5, 5.41) is 2.89. The fourth-order valence-corrected chi connectivity index (χ4v) is 3.61. The van der Waals surface area contributed by atoms with E-state index in [1.54, 1.807) is 31.6 Å². The summed E-state index contributed by atoms with van der Waals surface area (Å²) in [6.07, 6.45) is 5.38. The zero-order valence-electron chi connectivity index (χ0n) is 14.3. The standard InChI is InChI=1S/C18H21N3O3S/c1-13-11-19-10-9-15(13)12-21(2)25(23,24)17-7-3-14(4-8-17)18(22)20-16-5-6-16/h3-4,7-11,16H,5-6,12H2,1-2H3,(H,20,22). The van der Waals surface area contributed by atoms with Gasteiger partial charge in [0.2, 0.25) is 10.0 Å².